The molecule has 1 unspecified atom stereocenters. The van der Waals surface area contributed by atoms with E-state index in [4.69, 9.17) is 13.8 Å². The molecule has 4 aromatic carbocycles. The number of methoxy groups -OCH3 is 1. The first-order valence-corrected chi connectivity index (χ1v) is 21.3. The Bertz CT molecular complexity index is 1980. The number of phosphoric acid groups is 1. The van der Waals surface area contributed by atoms with Crippen LogP contribution >= 0.6 is 19.6 Å². The molecule has 0 saturated heterocycles. The first-order valence-electron chi connectivity index (χ1n) is 18.9. The minimum atomic E-state index is -4.46. The first-order chi connectivity index (χ1) is 27.1. The van der Waals surface area contributed by atoms with E-state index in [1.807, 2.05) is 54.6 Å². The monoisotopic (exact) mass is 801 g/mol. The number of phosphoric ester groups is 1. The molecule has 2 aliphatic rings. The predicted octanol–water partition coefficient (Wildman–Crippen LogP) is 8.30. The van der Waals surface area contributed by atoms with Crippen molar-refractivity contribution in [3.63, 3.8) is 0 Å². The third-order valence-electron chi connectivity index (χ3n) is 10.1. The van der Waals surface area contributed by atoms with Crippen molar-refractivity contribution >= 4 is 43.2 Å². The van der Waals surface area contributed by atoms with Gasteiger partial charge in [-0.15, -0.1) is 11.8 Å². The summed E-state index contributed by atoms with van der Waals surface area (Å²) in [4.78, 5) is 53.9. The lowest BCUT2D eigenvalue weighted by Crippen LogP contribution is -2.56. The zero-order valence-electron chi connectivity index (χ0n) is 31.3. The highest BCUT2D eigenvalue weighted by Gasteiger charge is 2.40. The molecule has 1 fully saturated rings. The quantitative estimate of drug-likeness (QED) is 0.0811. The maximum Gasteiger partial charge on any atom is 0.527 e. The van der Waals surface area contributed by atoms with Crippen molar-refractivity contribution in [2.75, 3.05) is 18.6 Å². The Hall–Kier alpha value is -4.81. The number of ether oxygens (including phenoxy) is 1. The Labute approximate surface area is 331 Å². The zero-order chi connectivity index (χ0) is 39.5. The van der Waals surface area contributed by atoms with Crippen LogP contribution in [0.1, 0.15) is 66.9 Å². The normalized spacial score (nSPS) is 18.8. The molecule has 0 radical (unpaired) electrons. The number of para-hydroxylation sites is 1. The maximum absolute atomic E-state index is 14.8. The fourth-order valence-electron chi connectivity index (χ4n) is 7.26. The summed E-state index contributed by atoms with van der Waals surface area (Å²) in [5.74, 6) is 0.382. The Morgan fingerprint density at radius 2 is 1.57 bits per heavy atom. The van der Waals surface area contributed by atoms with Crippen LogP contribution in [0.3, 0.4) is 0 Å². The summed E-state index contributed by atoms with van der Waals surface area (Å²) in [5, 5.41) is 14.5. The Balaban J connectivity index is 1.21. The van der Waals surface area contributed by atoms with Gasteiger partial charge in [0.1, 0.15) is 23.6 Å². The van der Waals surface area contributed by atoms with Crippen LogP contribution in [0.15, 0.2) is 108 Å². The highest BCUT2D eigenvalue weighted by Crippen LogP contribution is 2.47. The predicted molar refractivity (Wildman–Crippen MR) is 215 cm³/mol. The van der Waals surface area contributed by atoms with Crippen molar-refractivity contribution in [2.24, 2.45) is 5.92 Å². The number of hydrogen-bond donors (Lipinski definition) is 4. The van der Waals surface area contributed by atoms with Gasteiger partial charge in [-0.05, 0) is 71.8 Å². The summed E-state index contributed by atoms with van der Waals surface area (Å²) in [7, 11) is -2.89. The zero-order valence-corrected chi connectivity index (χ0v) is 33.0. The molecule has 1 aliphatic carbocycles. The topological polar surface area (TPSA) is 164 Å². The third-order valence-corrected chi connectivity index (χ3v) is 12.4. The minimum Gasteiger partial charge on any atom is -0.497 e. The van der Waals surface area contributed by atoms with Gasteiger partial charge in [-0.25, -0.2) is 9.36 Å². The number of anilines is 1. The maximum atomic E-state index is 14.8. The average Bonchev–Trinajstić information content (AvgIpc) is 3.32. The van der Waals surface area contributed by atoms with E-state index < -0.39 is 37.2 Å². The molecule has 3 amide bonds. The Morgan fingerprint density at radius 1 is 0.893 bits per heavy atom. The fraction of sp³-hybridized carbons (Fsp3) is 0.357. The van der Waals surface area contributed by atoms with Gasteiger partial charge in [0.2, 0.25) is 5.91 Å². The molecule has 1 saturated carbocycles. The molecule has 4 aromatic rings. The van der Waals surface area contributed by atoms with Crippen LogP contribution in [0, 0.1) is 5.92 Å². The molecular formula is C42H48N3O9PS. The van der Waals surface area contributed by atoms with Crippen molar-refractivity contribution in [3.8, 4) is 11.5 Å². The summed E-state index contributed by atoms with van der Waals surface area (Å²) in [5.41, 5.74) is 2.80. The first kappa shape index (κ1) is 40.8. The highest BCUT2D eigenvalue weighted by atomic mass is 32.2. The molecule has 0 bridgehead atoms. The summed E-state index contributed by atoms with van der Waals surface area (Å²) in [6.45, 7) is 0.355. The lowest BCUT2D eigenvalue weighted by Gasteiger charge is -2.30. The molecule has 0 spiro atoms. The van der Waals surface area contributed by atoms with Crippen LogP contribution in [0.2, 0.25) is 0 Å². The van der Waals surface area contributed by atoms with Gasteiger partial charge in [0, 0.05) is 17.9 Å². The molecule has 12 nitrogen and oxygen atoms in total. The minimum absolute atomic E-state index is 0.0476. The third kappa shape index (κ3) is 11.2. The Kier molecular flexibility index (Phi) is 14.1. The molecule has 1 aliphatic heterocycles. The van der Waals surface area contributed by atoms with E-state index in [9.17, 15) is 28.9 Å². The fourth-order valence-corrected chi connectivity index (χ4v) is 9.36. The largest absolute Gasteiger partial charge is 0.527 e. The lowest BCUT2D eigenvalue weighted by molar-refractivity contribution is -0.128. The number of fused-ring (bicyclic) bond motifs is 1. The number of nitrogens with one attached hydrogen (secondary N) is 2. The van der Waals surface area contributed by atoms with E-state index in [0.717, 1.165) is 29.0 Å². The van der Waals surface area contributed by atoms with Gasteiger partial charge in [-0.2, -0.15) is 0 Å². The van der Waals surface area contributed by atoms with Crippen molar-refractivity contribution in [2.45, 2.75) is 80.2 Å². The average molecular weight is 802 g/mol. The smallest absolute Gasteiger partial charge is 0.497 e. The van der Waals surface area contributed by atoms with Crippen molar-refractivity contribution in [3.05, 3.63) is 120 Å². The van der Waals surface area contributed by atoms with Gasteiger partial charge in [0.15, 0.2) is 0 Å². The SMILES string of the molecule is COc1ccc([C@H]2Sc3ccccc3N(CCCC3CCCCC3)C(=O)[C@@H]2NC(=O)[C@H](Cc2ccc(OP(=O)(O)OCc3ccccc3)cc2)NC(=O)O)cc1. The van der Waals surface area contributed by atoms with Crippen molar-refractivity contribution in [1.29, 1.82) is 0 Å². The molecule has 4 atom stereocenters. The molecule has 14 heteroatoms. The summed E-state index contributed by atoms with van der Waals surface area (Å²) < 4.78 is 28.4. The summed E-state index contributed by atoms with van der Waals surface area (Å²) >= 11 is 1.48. The molecular weight excluding hydrogens is 754 g/mol. The number of carbonyl (C=O) groups excluding carboxylic acids is 2. The van der Waals surface area contributed by atoms with Crippen molar-refractivity contribution in [1.82, 2.24) is 10.6 Å². The van der Waals surface area contributed by atoms with E-state index in [2.05, 4.69) is 10.6 Å². The number of carboxylic acid groups (broad SMARTS) is 1. The molecule has 6 rings (SSSR count). The van der Waals surface area contributed by atoms with Crippen LogP contribution in [-0.2, 0) is 31.7 Å². The second-order valence-electron chi connectivity index (χ2n) is 14.1. The van der Waals surface area contributed by atoms with Gasteiger partial charge in [0.25, 0.3) is 5.91 Å². The molecule has 4 N–H and O–H groups in total. The van der Waals surface area contributed by atoms with E-state index in [1.165, 1.54) is 56.0 Å². The number of amides is 3. The van der Waals surface area contributed by atoms with Crippen molar-refractivity contribution < 1.29 is 42.7 Å². The van der Waals surface area contributed by atoms with Gasteiger partial charge in [-0.1, -0.05) is 98.8 Å². The van der Waals surface area contributed by atoms with Crippen LogP contribution in [0.5, 0.6) is 11.5 Å². The van der Waals surface area contributed by atoms with Gasteiger partial charge in [0.05, 0.1) is 24.7 Å². The van der Waals surface area contributed by atoms with Gasteiger partial charge in [-0.3, -0.25) is 19.0 Å². The standard InChI is InChI=1S/C42H48N3O9PS/c1-52-33-24-20-32(21-25-33)39-38(41(47)45(36-16-8-9-17-37(36)56-39)26-10-15-29-11-4-2-5-12-29)44-40(46)35(43-42(48)49)27-30-18-22-34(23-19-30)54-55(50,51)53-28-31-13-6-3-7-14-31/h3,6-9,13-14,16-25,29,35,38-39,43H,2,4-5,10-12,15,26-28H2,1H3,(H,44,46)(H,48,49)(H,50,51)/t35-,38+,39+/m0/s1. The highest BCUT2D eigenvalue weighted by molar-refractivity contribution is 7.99. The molecule has 1 heterocycles. The summed E-state index contributed by atoms with van der Waals surface area (Å²) in [6, 6.07) is 27.7. The second kappa shape index (κ2) is 19.4. The lowest BCUT2D eigenvalue weighted by atomic mass is 9.86. The van der Waals surface area contributed by atoms with Gasteiger partial charge < -0.3 is 29.9 Å². The van der Waals surface area contributed by atoms with Gasteiger partial charge >= 0.3 is 13.9 Å². The second-order valence-corrected chi connectivity index (χ2v) is 16.6. The molecule has 0 aromatic heterocycles. The number of thioether (sulfide) groups is 1. The van der Waals surface area contributed by atoms with E-state index in [1.54, 1.807) is 48.4 Å². The number of rotatable bonds is 16. The number of nitrogens with zero attached hydrogens (tertiary/aromatic N) is 1. The van der Waals surface area contributed by atoms with E-state index in [0.29, 0.717) is 29.3 Å². The van der Waals surface area contributed by atoms with E-state index >= 15 is 0 Å². The van der Waals surface area contributed by atoms with Crippen LogP contribution in [-0.4, -0.2) is 53.6 Å². The Morgan fingerprint density at radius 3 is 2.27 bits per heavy atom. The summed E-state index contributed by atoms with van der Waals surface area (Å²) in [6.07, 6.45) is 6.51. The molecule has 56 heavy (non-hydrogen) atoms. The molecule has 296 valence electrons. The number of benzene rings is 4. The van der Waals surface area contributed by atoms with Crippen LogP contribution < -0.4 is 24.8 Å². The van der Waals surface area contributed by atoms with Crippen LogP contribution in [0.4, 0.5) is 10.5 Å². The van der Waals surface area contributed by atoms with E-state index in [-0.39, 0.29) is 24.7 Å². The van der Waals surface area contributed by atoms with Crippen LogP contribution in [0.25, 0.3) is 0 Å². The number of hydrogen-bond acceptors (Lipinski definition) is 8. The number of carbonyl (C=O) groups is 3.